The third kappa shape index (κ3) is 4.66. The van der Waals surface area contributed by atoms with Gasteiger partial charge in [-0.05, 0) is 12.8 Å². The van der Waals surface area contributed by atoms with E-state index < -0.39 is 31.0 Å². The van der Waals surface area contributed by atoms with Crippen molar-refractivity contribution in [3.8, 4) is 0 Å². The zero-order valence-corrected chi connectivity index (χ0v) is 13.7. The van der Waals surface area contributed by atoms with Gasteiger partial charge in [0.2, 0.25) is 0 Å². The van der Waals surface area contributed by atoms with E-state index in [1.54, 1.807) is 5.38 Å². The van der Waals surface area contributed by atoms with Crippen LogP contribution in [-0.2, 0) is 19.1 Å². The van der Waals surface area contributed by atoms with E-state index in [9.17, 15) is 14.6 Å². The van der Waals surface area contributed by atoms with Gasteiger partial charge < -0.3 is 30.7 Å². The molecule has 130 valence electrons. The molecule has 1 aromatic rings. The van der Waals surface area contributed by atoms with Gasteiger partial charge in [0.25, 0.3) is 5.91 Å². The fourth-order valence-corrected chi connectivity index (χ4v) is 2.83. The normalized spacial score (nSPS) is 21.4. The predicted molar refractivity (Wildman–Crippen MR) is 86.3 cm³/mol. The van der Waals surface area contributed by atoms with Crippen molar-refractivity contribution in [2.75, 3.05) is 12.8 Å². The Hall–Kier alpha value is -2.18. The first-order chi connectivity index (χ1) is 11.4. The van der Waals surface area contributed by atoms with Crippen LogP contribution in [0.5, 0.6) is 0 Å². The molecule has 0 saturated carbocycles. The van der Waals surface area contributed by atoms with Crippen molar-refractivity contribution < 1.29 is 29.2 Å². The van der Waals surface area contributed by atoms with Crippen LogP contribution in [0, 0.1) is 0 Å². The lowest BCUT2D eigenvalue weighted by atomic mass is 9.72. The summed E-state index contributed by atoms with van der Waals surface area (Å²) in [6.07, 6.45) is -0.0262. The quantitative estimate of drug-likeness (QED) is 0.294. The Morgan fingerprint density at radius 1 is 1.62 bits per heavy atom. The fourth-order valence-electron chi connectivity index (χ4n) is 2.29. The summed E-state index contributed by atoms with van der Waals surface area (Å²) < 4.78 is 5.22. The van der Waals surface area contributed by atoms with Gasteiger partial charge in [-0.2, -0.15) is 0 Å². The lowest BCUT2D eigenvalue weighted by Crippen LogP contribution is -2.54. The van der Waals surface area contributed by atoms with Gasteiger partial charge in [-0.3, -0.25) is 9.59 Å². The molecule has 0 aromatic carbocycles. The number of aliphatic carboxylic acids is 1. The first-order valence-corrected chi connectivity index (χ1v) is 7.97. The van der Waals surface area contributed by atoms with Crippen LogP contribution in [0.3, 0.4) is 0 Å². The van der Waals surface area contributed by atoms with Gasteiger partial charge in [0.05, 0.1) is 18.5 Å². The summed E-state index contributed by atoms with van der Waals surface area (Å²) in [5.74, 6) is -2.31. The van der Waals surface area contributed by atoms with Crippen LogP contribution in [0.15, 0.2) is 10.5 Å². The molecule has 12 heteroatoms. The number of carbonyl (C=O) groups is 2. The number of carboxylic acids is 1. The van der Waals surface area contributed by atoms with Crippen LogP contribution >= 0.6 is 11.3 Å². The number of nitrogens with zero attached hydrogens (tertiary/aromatic N) is 2. The molecule has 5 N–H and O–H groups in total. The van der Waals surface area contributed by atoms with E-state index >= 15 is 0 Å². The zero-order chi connectivity index (χ0) is 17.7. The van der Waals surface area contributed by atoms with E-state index in [0.717, 1.165) is 11.3 Å². The second-order valence-electron chi connectivity index (χ2n) is 5.10. The number of oxime groups is 1. The van der Waals surface area contributed by atoms with Gasteiger partial charge in [-0.1, -0.05) is 5.16 Å². The third-order valence-corrected chi connectivity index (χ3v) is 4.03. The number of carboxylic acid groups (broad SMARTS) is 1. The van der Waals surface area contributed by atoms with Crippen LogP contribution in [0.2, 0.25) is 0 Å². The minimum Gasteiger partial charge on any atom is -0.481 e. The molecule has 0 unspecified atom stereocenters. The maximum atomic E-state index is 12.4. The maximum absolute atomic E-state index is 12.4. The molecule has 0 radical (unpaired) electrons. The number of nitrogen functional groups attached to an aromatic ring is 1. The van der Waals surface area contributed by atoms with Gasteiger partial charge in [-0.15, -0.1) is 11.3 Å². The molecule has 2 rings (SSSR count). The minimum atomic E-state index is -1.31. The van der Waals surface area contributed by atoms with E-state index in [-0.39, 0.29) is 23.0 Å². The average molecular weight is 356 g/mol. The second-order valence-corrected chi connectivity index (χ2v) is 5.99. The van der Waals surface area contributed by atoms with Gasteiger partial charge >= 0.3 is 13.1 Å². The number of nitrogens with one attached hydrogen (secondary N) is 1. The van der Waals surface area contributed by atoms with Crippen LogP contribution in [-0.4, -0.2) is 59.0 Å². The fraction of sp³-hybridized carbons (Fsp3) is 0.500. The molecule has 24 heavy (non-hydrogen) atoms. The van der Waals surface area contributed by atoms with Crippen LogP contribution in [0.25, 0.3) is 0 Å². The Morgan fingerprint density at radius 2 is 2.38 bits per heavy atom. The van der Waals surface area contributed by atoms with Crippen molar-refractivity contribution in [2.45, 2.75) is 31.3 Å². The topological polar surface area (TPSA) is 156 Å². The predicted octanol–water partition coefficient (Wildman–Crippen LogP) is -0.766. The highest BCUT2D eigenvalue weighted by Gasteiger charge is 2.37. The summed E-state index contributed by atoms with van der Waals surface area (Å²) in [5, 5.41) is 26.8. The zero-order valence-electron chi connectivity index (χ0n) is 12.8. The first-order valence-electron chi connectivity index (χ1n) is 7.09. The highest BCUT2D eigenvalue weighted by molar-refractivity contribution is 7.13. The van der Waals surface area contributed by atoms with Crippen molar-refractivity contribution in [2.24, 2.45) is 5.16 Å². The van der Waals surface area contributed by atoms with E-state index in [0.29, 0.717) is 12.8 Å². The molecule has 2 atom stereocenters. The molecular weight excluding hydrogens is 339 g/mol. The van der Waals surface area contributed by atoms with Crippen molar-refractivity contribution in [1.82, 2.24) is 10.3 Å². The standard InChI is InChI=1S/C12H17BN4O6S/c1-22-17-10(7-5-24-12(14)15-7)11(20)16-8-3-2-6(4-9(18)19)23-13(8)21/h5-6,8,21H,2-4H2,1H3,(H2,14,15)(H,16,20)(H,18,19)/b17-10+/t6-,8-/m0/s1. The van der Waals surface area contributed by atoms with Gasteiger partial charge in [0, 0.05) is 5.38 Å². The number of aromatic nitrogens is 1. The highest BCUT2D eigenvalue weighted by atomic mass is 32.1. The summed E-state index contributed by atoms with van der Waals surface area (Å²) in [7, 11) is -0.0192. The van der Waals surface area contributed by atoms with Crippen LogP contribution in [0.1, 0.15) is 25.0 Å². The monoisotopic (exact) mass is 356 g/mol. The molecule has 1 fully saturated rings. The number of hydrogen-bond donors (Lipinski definition) is 4. The number of anilines is 1. The van der Waals surface area contributed by atoms with Crippen molar-refractivity contribution in [1.29, 1.82) is 0 Å². The Balaban J connectivity index is 2.00. The van der Waals surface area contributed by atoms with Crippen molar-refractivity contribution in [3.05, 3.63) is 11.1 Å². The molecule has 1 saturated heterocycles. The summed E-state index contributed by atoms with van der Waals surface area (Å²) in [4.78, 5) is 31.7. The van der Waals surface area contributed by atoms with Crippen LogP contribution in [0.4, 0.5) is 5.13 Å². The number of hydrogen-bond acceptors (Lipinski definition) is 9. The molecule has 10 nitrogen and oxygen atoms in total. The Kier molecular flexibility index (Phi) is 6.12. The third-order valence-electron chi connectivity index (χ3n) is 3.36. The maximum Gasteiger partial charge on any atom is 0.478 e. The first kappa shape index (κ1) is 18.2. The molecule has 0 bridgehead atoms. The molecule has 1 amide bonds. The number of carbonyl (C=O) groups excluding carboxylic acids is 1. The summed E-state index contributed by atoms with van der Waals surface area (Å²) in [6.45, 7) is 0. The number of rotatable bonds is 6. The SMILES string of the molecule is CO/N=C(/C(=O)N[C@H]1CC[C@@H](CC(=O)O)OB1O)c1csc(N)n1. The van der Waals surface area contributed by atoms with Gasteiger partial charge in [0.15, 0.2) is 10.8 Å². The lowest BCUT2D eigenvalue weighted by molar-refractivity contribution is -0.139. The second kappa shape index (κ2) is 8.08. The van der Waals surface area contributed by atoms with E-state index in [2.05, 4.69) is 20.3 Å². The number of thiazole rings is 1. The summed E-state index contributed by atoms with van der Waals surface area (Å²) in [6, 6.07) is 0. The van der Waals surface area contributed by atoms with E-state index in [1.165, 1.54) is 7.11 Å². The largest absolute Gasteiger partial charge is 0.481 e. The lowest BCUT2D eigenvalue weighted by Gasteiger charge is -2.30. The molecule has 1 aliphatic rings. The number of amides is 1. The van der Waals surface area contributed by atoms with Crippen molar-refractivity contribution in [3.63, 3.8) is 0 Å². The number of nitrogens with two attached hydrogens (primary N) is 1. The molecular formula is C12H17BN4O6S. The van der Waals surface area contributed by atoms with E-state index in [4.69, 9.17) is 15.5 Å². The van der Waals surface area contributed by atoms with E-state index in [1.807, 2.05) is 0 Å². The molecule has 1 aromatic heterocycles. The minimum absolute atomic E-state index is 0.0784. The highest BCUT2D eigenvalue weighted by Crippen LogP contribution is 2.19. The van der Waals surface area contributed by atoms with Crippen molar-refractivity contribution >= 4 is 41.2 Å². The molecule has 0 spiro atoms. The molecule has 2 heterocycles. The Morgan fingerprint density at radius 3 is 2.92 bits per heavy atom. The van der Waals surface area contributed by atoms with Crippen LogP contribution < -0.4 is 11.1 Å². The van der Waals surface area contributed by atoms with Gasteiger partial charge in [-0.25, -0.2) is 4.98 Å². The molecule has 0 aliphatic carbocycles. The Labute approximate surface area is 141 Å². The average Bonchev–Trinajstić information content (AvgIpc) is 2.93. The Bertz CT molecular complexity index is 639. The summed E-state index contributed by atoms with van der Waals surface area (Å²) in [5.41, 5.74) is 5.72. The summed E-state index contributed by atoms with van der Waals surface area (Å²) >= 11 is 1.15. The van der Waals surface area contributed by atoms with Gasteiger partial charge in [0.1, 0.15) is 12.8 Å². The smallest absolute Gasteiger partial charge is 0.478 e. The molecule has 1 aliphatic heterocycles.